The molecule has 3 heterocycles. The van der Waals surface area contributed by atoms with Gasteiger partial charge in [0.05, 0.1) is 12.1 Å². The van der Waals surface area contributed by atoms with E-state index in [4.69, 9.17) is 4.74 Å². The number of ether oxygens (including phenoxy) is 1. The lowest BCUT2D eigenvalue weighted by molar-refractivity contribution is -0.195. The predicted octanol–water partition coefficient (Wildman–Crippen LogP) is 2.64. The first-order valence-corrected chi connectivity index (χ1v) is 8.75. The molecule has 1 aromatic rings. The van der Waals surface area contributed by atoms with Crippen molar-refractivity contribution in [3.8, 4) is 0 Å². The Morgan fingerprint density at radius 2 is 2.04 bits per heavy atom. The quantitative estimate of drug-likeness (QED) is 0.841. The van der Waals surface area contributed by atoms with Crippen molar-refractivity contribution in [2.24, 2.45) is 5.92 Å². The summed E-state index contributed by atoms with van der Waals surface area (Å²) in [6.07, 6.45) is 2.55. The van der Waals surface area contributed by atoms with Crippen LogP contribution in [0.2, 0.25) is 0 Å². The van der Waals surface area contributed by atoms with Crippen molar-refractivity contribution in [1.82, 2.24) is 9.80 Å². The molecule has 1 aromatic carbocycles. The van der Waals surface area contributed by atoms with Crippen molar-refractivity contribution in [3.63, 3.8) is 0 Å². The van der Waals surface area contributed by atoms with Crippen molar-refractivity contribution in [2.45, 2.75) is 50.9 Å². The van der Waals surface area contributed by atoms with E-state index >= 15 is 0 Å². The van der Waals surface area contributed by atoms with Gasteiger partial charge in [-0.25, -0.2) is 0 Å². The molecule has 0 aliphatic carbocycles. The molecule has 4 heteroatoms. The maximum atomic E-state index is 12.5. The highest BCUT2D eigenvalue weighted by Gasteiger charge is 2.61. The number of amides is 1. The van der Waals surface area contributed by atoms with Crippen LogP contribution in [-0.2, 0) is 16.1 Å². The molecule has 0 radical (unpaired) electrons. The van der Waals surface area contributed by atoms with Gasteiger partial charge >= 0.3 is 0 Å². The molecule has 1 spiro atoms. The molecule has 3 saturated heterocycles. The van der Waals surface area contributed by atoms with Gasteiger partial charge in [-0.05, 0) is 25.8 Å². The van der Waals surface area contributed by atoms with Gasteiger partial charge in [-0.3, -0.25) is 9.69 Å². The number of piperidine rings is 2. The van der Waals surface area contributed by atoms with Crippen molar-refractivity contribution < 1.29 is 9.53 Å². The van der Waals surface area contributed by atoms with Crippen LogP contribution in [0, 0.1) is 5.92 Å². The van der Waals surface area contributed by atoms with Crippen LogP contribution in [0.3, 0.4) is 0 Å². The summed E-state index contributed by atoms with van der Waals surface area (Å²) in [5.41, 5.74) is 0.850. The van der Waals surface area contributed by atoms with E-state index in [1.54, 1.807) is 0 Å². The molecule has 0 aromatic heterocycles. The summed E-state index contributed by atoms with van der Waals surface area (Å²) in [6, 6.07) is 10.6. The number of carbonyl (C=O) groups excluding carboxylic acids is 1. The molecule has 1 amide bonds. The average Bonchev–Trinajstić information content (AvgIpc) is 2.82. The lowest BCUT2D eigenvalue weighted by Crippen LogP contribution is -2.66. The largest absolute Gasteiger partial charge is 0.353 e. The van der Waals surface area contributed by atoms with E-state index in [1.807, 2.05) is 0 Å². The van der Waals surface area contributed by atoms with Crippen LogP contribution in [0.25, 0.3) is 0 Å². The first-order chi connectivity index (χ1) is 11.0. The smallest absolute Gasteiger partial charge is 0.225 e. The molecule has 3 aliphatic rings. The number of nitrogens with zero attached hydrogens (tertiary/aromatic N) is 2. The van der Waals surface area contributed by atoms with Crippen molar-refractivity contribution in [1.29, 1.82) is 0 Å². The zero-order valence-electron chi connectivity index (χ0n) is 14.1. The van der Waals surface area contributed by atoms with Crippen LogP contribution >= 0.6 is 0 Å². The minimum absolute atomic E-state index is 0.169. The SMILES string of the molecule is CC1(C)CO[C@]23CCN(Cc4ccccc4)C[C@H]2CCC(=O)N13. The molecule has 0 unspecified atom stereocenters. The maximum Gasteiger partial charge on any atom is 0.225 e. The van der Waals surface area contributed by atoms with Gasteiger partial charge in [0.25, 0.3) is 0 Å². The van der Waals surface area contributed by atoms with Gasteiger partial charge in [-0.1, -0.05) is 30.3 Å². The summed E-state index contributed by atoms with van der Waals surface area (Å²) in [7, 11) is 0. The molecule has 4 nitrogen and oxygen atoms in total. The zero-order chi connectivity index (χ0) is 16.1. The molecule has 3 aliphatic heterocycles. The fourth-order valence-corrected chi connectivity index (χ4v) is 4.76. The van der Waals surface area contributed by atoms with E-state index in [1.165, 1.54) is 5.56 Å². The van der Waals surface area contributed by atoms with Crippen LogP contribution in [0.4, 0.5) is 0 Å². The van der Waals surface area contributed by atoms with Crippen LogP contribution < -0.4 is 0 Å². The van der Waals surface area contributed by atoms with Gasteiger partial charge in [0.2, 0.25) is 5.91 Å². The molecule has 0 saturated carbocycles. The fraction of sp³-hybridized carbons (Fsp3) is 0.632. The Hall–Kier alpha value is -1.39. The van der Waals surface area contributed by atoms with E-state index in [-0.39, 0.29) is 17.2 Å². The number of likely N-dealkylation sites (tertiary alicyclic amines) is 1. The number of benzene rings is 1. The summed E-state index contributed by atoms with van der Waals surface area (Å²) in [4.78, 5) is 17.2. The first-order valence-electron chi connectivity index (χ1n) is 8.75. The fourth-order valence-electron chi connectivity index (χ4n) is 4.76. The van der Waals surface area contributed by atoms with E-state index in [9.17, 15) is 4.79 Å². The first kappa shape index (κ1) is 15.2. The van der Waals surface area contributed by atoms with Crippen molar-refractivity contribution >= 4 is 5.91 Å². The van der Waals surface area contributed by atoms with E-state index in [2.05, 4.69) is 54.0 Å². The molecule has 23 heavy (non-hydrogen) atoms. The van der Waals surface area contributed by atoms with Gasteiger partial charge in [-0.2, -0.15) is 0 Å². The number of rotatable bonds is 2. The third-order valence-electron chi connectivity index (χ3n) is 5.77. The highest BCUT2D eigenvalue weighted by atomic mass is 16.5. The Morgan fingerprint density at radius 3 is 2.83 bits per heavy atom. The lowest BCUT2D eigenvalue weighted by atomic mass is 9.78. The summed E-state index contributed by atoms with van der Waals surface area (Å²) in [5, 5.41) is 0. The minimum Gasteiger partial charge on any atom is -0.353 e. The Morgan fingerprint density at radius 1 is 1.26 bits per heavy atom. The summed E-state index contributed by atoms with van der Waals surface area (Å²) < 4.78 is 6.31. The molecule has 4 rings (SSSR count). The molecule has 0 N–H and O–H groups in total. The average molecular weight is 314 g/mol. The summed E-state index contributed by atoms with van der Waals surface area (Å²) >= 11 is 0. The van der Waals surface area contributed by atoms with E-state index in [0.717, 1.165) is 32.5 Å². The highest BCUT2D eigenvalue weighted by Crippen LogP contribution is 2.49. The zero-order valence-corrected chi connectivity index (χ0v) is 14.1. The maximum absolute atomic E-state index is 12.5. The van der Waals surface area contributed by atoms with Gasteiger partial charge in [0.15, 0.2) is 0 Å². The van der Waals surface area contributed by atoms with E-state index < -0.39 is 0 Å². The Labute approximate surface area is 138 Å². The van der Waals surface area contributed by atoms with Crippen LogP contribution in [0.1, 0.15) is 38.7 Å². The van der Waals surface area contributed by atoms with Crippen LogP contribution in [0.5, 0.6) is 0 Å². The lowest BCUT2D eigenvalue weighted by Gasteiger charge is -2.54. The van der Waals surface area contributed by atoms with Crippen LogP contribution in [-0.4, -0.2) is 46.7 Å². The molecule has 124 valence electrons. The van der Waals surface area contributed by atoms with Crippen LogP contribution in [0.15, 0.2) is 30.3 Å². The summed E-state index contributed by atoms with van der Waals surface area (Å²) in [6.45, 7) is 7.94. The third-order valence-corrected chi connectivity index (χ3v) is 5.77. The number of hydrogen-bond acceptors (Lipinski definition) is 3. The monoisotopic (exact) mass is 314 g/mol. The second-order valence-corrected chi connectivity index (χ2v) is 7.88. The topological polar surface area (TPSA) is 32.8 Å². The predicted molar refractivity (Wildman–Crippen MR) is 88.7 cm³/mol. The van der Waals surface area contributed by atoms with Gasteiger partial charge in [0, 0.05) is 38.4 Å². The molecular weight excluding hydrogens is 288 g/mol. The number of hydrogen-bond donors (Lipinski definition) is 0. The standard InChI is InChI=1S/C19H26N2O2/c1-18(2)14-23-19-10-11-20(12-15-6-4-3-5-7-15)13-16(19)8-9-17(22)21(18)19/h3-7,16H,8-14H2,1-2H3/t16-,19-/m1/s1. The van der Waals surface area contributed by atoms with Crippen molar-refractivity contribution in [2.75, 3.05) is 19.7 Å². The Kier molecular flexibility index (Phi) is 3.50. The van der Waals surface area contributed by atoms with Gasteiger partial charge < -0.3 is 9.64 Å². The second kappa shape index (κ2) is 5.32. The third kappa shape index (κ3) is 2.39. The normalized spacial score (nSPS) is 33.4. The highest BCUT2D eigenvalue weighted by molar-refractivity contribution is 5.79. The molecule has 0 bridgehead atoms. The number of carbonyl (C=O) groups is 1. The summed E-state index contributed by atoms with van der Waals surface area (Å²) in [5.74, 6) is 0.708. The Bertz CT molecular complexity index is 601. The van der Waals surface area contributed by atoms with Gasteiger partial charge in [-0.15, -0.1) is 0 Å². The van der Waals surface area contributed by atoms with E-state index in [0.29, 0.717) is 18.9 Å². The molecular formula is C19H26N2O2. The van der Waals surface area contributed by atoms with Crippen molar-refractivity contribution in [3.05, 3.63) is 35.9 Å². The Balaban J connectivity index is 1.54. The van der Waals surface area contributed by atoms with Gasteiger partial charge in [0.1, 0.15) is 5.72 Å². The molecule has 2 atom stereocenters. The molecule has 3 fully saturated rings. The minimum atomic E-state index is -0.341. The second-order valence-electron chi connectivity index (χ2n) is 7.88.